The average molecular weight is 758 g/mol. The molecule has 0 saturated carbocycles. The van der Waals surface area contributed by atoms with Gasteiger partial charge in [0.15, 0.2) is 22.3 Å². The maximum atomic E-state index is 13.5. The number of carboxylic acids is 3. The Labute approximate surface area is 296 Å². The van der Waals surface area contributed by atoms with Crippen molar-refractivity contribution in [3.8, 4) is 11.5 Å². The molecule has 2 aliphatic rings. The number of benzene rings is 1. The van der Waals surface area contributed by atoms with Crippen LogP contribution in [0.3, 0.4) is 0 Å². The van der Waals surface area contributed by atoms with Crippen molar-refractivity contribution in [2.24, 2.45) is 5.16 Å². The minimum atomic E-state index is -1.47. The number of aromatic nitrogens is 5. The molecule has 6 rings (SSSR count). The number of oxime groups is 1. The number of aromatic hydroxyl groups is 2. The van der Waals surface area contributed by atoms with Crippen molar-refractivity contribution in [3.63, 3.8) is 0 Å². The second-order valence-corrected chi connectivity index (χ2v) is 13.6. The SMILES string of the molecule is Cc1cc(SCC2=C(C(=O)O)N3C(=O)[C@@H](NC(=O)C(=NOCc4ccc(C(=O)O)c(O)c4O)c4csc(N)n4)[C@H]3SC2)n2nc(C(=O)O)nc2n1. The summed E-state index contributed by atoms with van der Waals surface area (Å²) in [5, 5.41) is 60.2. The van der Waals surface area contributed by atoms with Crippen molar-refractivity contribution in [2.45, 2.75) is 30.0 Å². The van der Waals surface area contributed by atoms with Crippen LogP contribution >= 0.6 is 34.9 Å². The second kappa shape index (κ2) is 13.8. The number of aliphatic carboxylic acids is 1. The van der Waals surface area contributed by atoms with Crippen LogP contribution in [0.4, 0.5) is 5.13 Å². The highest BCUT2D eigenvalue weighted by Crippen LogP contribution is 2.42. The largest absolute Gasteiger partial charge is 0.504 e. The quantitative estimate of drug-likeness (QED) is 0.0262. The number of hydrogen-bond acceptors (Lipinski definition) is 17. The van der Waals surface area contributed by atoms with E-state index in [1.165, 1.54) is 27.7 Å². The number of carboxylic acid groups (broad SMARTS) is 3. The van der Waals surface area contributed by atoms with Crippen molar-refractivity contribution in [2.75, 3.05) is 17.2 Å². The van der Waals surface area contributed by atoms with Crippen LogP contribution in [0.2, 0.25) is 0 Å². The number of rotatable bonds is 12. The smallest absolute Gasteiger partial charge is 0.375 e. The molecule has 51 heavy (non-hydrogen) atoms. The molecular weight excluding hydrogens is 735 g/mol. The Morgan fingerprint density at radius 2 is 1.86 bits per heavy atom. The van der Waals surface area contributed by atoms with Gasteiger partial charge in [-0.2, -0.15) is 9.50 Å². The third-order valence-electron chi connectivity index (χ3n) is 7.35. The van der Waals surface area contributed by atoms with Gasteiger partial charge in [-0.3, -0.25) is 14.5 Å². The number of hydrogen-bond donors (Lipinski definition) is 7. The van der Waals surface area contributed by atoms with E-state index in [4.69, 9.17) is 15.7 Å². The molecule has 0 radical (unpaired) electrons. The van der Waals surface area contributed by atoms with Gasteiger partial charge in [-0.15, -0.1) is 40.0 Å². The molecule has 20 nitrogen and oxygen atoms in total. The Morgan fingerprint density at radius 3 is 2.53 bits per heavy atom. The van der Waals surface area contributed by atoms with E-state index in [0.717, 1.165) is 34.1 Å². The van der Waals surface area contributed by atoms with Crippen LogP contribution in [-0.4, -0.2) is 113 Å². The lowest BCUT2D eigenvalue weighted by Crippen LogP contribution is -2.71. The summed E-state index contributed by atoms with van der Waals surface area (Å²) < 4.78 is 1.24. The topological polar surface area (TPSA) is 305 Å². The van der Waals surface area contributed by atoms with Crippen LogP contribution < -0.4 is 11.1 Å². The van der Waals surface area contributed by atoms with E-state index in [0.29, 0.717) is 16.3 Å². The number of phenolic OH excluding ortho intramolecular Hbond substituents is 1. The first-order chi connectivity index (χ1) is 24.2. The Balaban J connectivity index is 1.18. The summed E-state index contributed by atoms with van der Waals surface area (Å²) in [6.45, 7) is 1.17. The first-order valence-electron chi connectivity index (χ1n) is 14.2. The highest BCUT2D eigenvalue weighted by molar-refractivity contribution is 8.01. The minimum absolute atomic E-state index is 0.0167. The van der Waals surface area contributed by atoms with E-state index >= 15 is 0 Å². The van der Waals surface area contributed by atoms with Crippen LogP contribution in [0.25, 0.3) is 5.78 Å². The fourth-order valence-electron chi connectivity index (χ4n) is 4.99. The fourth-order valence-corrected chi connectivity index (χ4v) is 8.07. The third kappa shape index (κ3) is 6.68. The van der Waals surface area contributed by atoms with Crippen molar-refractivity contribution in [1.82, 2.24) is 34.8 Å². The van der Waals surface area contributed by atoms with Crippen molar-refractivity contribution in [3.05, 3.63) is 63.2 Å². The lowest BCUT2D eigenvalue weighted by Gasteiger charge is -2.49. The van der Waals surface area contributed by atoms with Crippen LogP contribution in [0.15, 0.2) is 45.0 Å². The molecule has 0 unspecified atom stereocenters. The molecule has 2 aliphatic heterocycles. The lowest BCUT2D eigenvalue weighted by atomic mass is 10.0. The van der Waals surface area contributed by atoms with Gasteiger partial charge in [-0.05, 0) is 24.6 Å². The minimum Gasteiger partial charge on any atom is -0.504 e. The number of anilines is 1. The van der Waals surface area contributed by atoms with E-state index < -0.39 is 76.3 Å². The molecule has 1 aromatic carbocycles. The number of amides is 2. The lowest BCUT2D eigenvalue weighted by molar-refractivity contribution is -0.150. The van der Waals surface area contributed by atoms with Crippen LogP contribution in [0, 0.1) is 6.92 Å². The van der Waals surface area contributed by atoms with Gasteiger partial charge in [0.2, 0.25) is 0 Å². The molecule has 1 saturated heterocycles. The van der Waals surface area contributed by atoms with Crippen molar-refractivity contribution < 1.29 is 54.3 Å². The predicted molar refractivity (Wildman–Crippen MR) is 177 cm³/mol. The molecule has 1 fully saturated rings. The monoisotopic (exact) mass is 757 g/mol. The molecule has 2 atom stereocenters. The molecule has 0 bridgehead atoms. The maximum absolute atomic E-state index is 13.5. The van der Waals surface area contributed by atoms with Gasteiger partial charge in [0.05, 0.1) is 0 Å². The summed E-state index contributed by atoms with van der Waals surface area (Å²) in [6.07, 6.45) is 0. The summed E-state index contributed by atoms with van der Waals surface area (Å²) in [5.74, 6) is -7.59. The number of phenols is 2. The third-order valence-corrected chi connectivity index (χ3v) is 10.4. The number of aryl methyl sites for hydroxylation is 1. The van der Waals surface area contributed by atoms with Gasteiger partial charge < -0.3 is 41.4 Å². The number of fused-ring (bicyclic) bond motifs is 2. The Kier molecular flexibility index (Phi) is 9.42. The normalized spacial score (nSPS) is 17.2. The molecule has 264 valence electrons. The Hall–Kier alpha value is -5.94. The zero-order valence-corrected chi connectivity index (χ0v) is 28.2. The van der Waals surface area contributed by atoms with E-state index in [2.05, 4.69) is 30.5 Å². The predicted octanol–water partition coefficient (Wildman–Crippen LogP) is 0.731. The maximum Gasteiger partial charge on any atom is 0.375 e. The van der Waals surface area contributed by atoms with Gasteiger partial charge in [0.25, 0.3) is 23.4 Å². The fraction of sp³-hybridized carbons (Fsp3) is 0.214. The Bertz CT molecular complexity index is 2220. The Morgan fingerprint density at radius 1 is 1.10 bits per heavy atom. The van der Waals surface area contributed by atoms with Crippen LogP contribution in [0.1, 0.15) is 37.9 Å². The van der Waals surface area contributed by atoms with Gasteiger partial charge in [0.1, 0.15) is 40.0 Å². The molecule has 5 heterocycles. The van der Waals surface area contributed by atoms with Crippen molar-refractivity contribution >= 4 is 81.2 Å². The van der Waals surface area contributed by atoms with Crippen molar-refractivity contribution in [1.29, 1.82) is 0 Å². The highest BCUT2D eigenvalue weighted by Gasteiger charge is 2.54. The first-order valence-corrected chi connectivity index (χ1v) is 17.2. The molecule has 2 amide bonds. The average Bonchev–Trinajstić information content (AvgIpc) is 3.71. The standard InChI is InChI=1S/C28H23N9O11S3/c1-9-4-14(37-28(30-9)33-20(34-37)26(46)47)49-6-11-7-50-23-16(22(41)36(23)17(11)25(44)45)32-21(40)15(13-8-51-27(29)31-13)35-48-5-10-2-3-12(24(42)43)19(39)18(10)38/h2-4,8,16,23,38-39H,5-7H2,1H3,(H2,29,31)(H,32,40)(H,42,43)(H,44,45)(H,46,47)/t16-,23-/m1/s1. The van der Waals surface area contributed by atoms with Gasteiger partial charge >= 0.3 is 17.9 Å². The van der Waals surface area contributed by atoms with E-state index in [1.54, 1.807) is 13.0 Å². The zero-order chi connectivity index (χ0) is 36.7. The number of nitrogens with zero attached hydrogens (tertiary/aromatic N) is 7. The summed E-state index contributed by atoms with van der Waals surface area (Å²) >= 11 is 3.35. The zero-order valence-electron chi connectivity index (χ0n) is 25.7. The van der Waals surface area contributed by atoms with E-state index in [9.17, 15) is 44.4 Å². The molecule has 0 spiro atoms. The number of carbonyl (C=O) groups is 5. The van der Waals surface area contributed by atoms with Gasteiger partial charge in [-0.1, -0.05) is 11.2 Å². The van der Waals surface area contributed by atoms with E-state index in [1.807, 2.05) is 0 Å². The number of carbonyl (C=O) groups excluding carboxylic acids is 2. The second-order valence-electron chi connectivity index (χ2n) is 10.7. The van der Waals surface area contributed by atoms with E-state index in [-0.39, 0.29) is 39.4 Å². The molecular formula is C28H23N9O11S3. The summed E-state index contributed by atoms with van der Waals surface area (Å²) in [5.41, 5.74) is 5.37. The number of nitrogens with one attached hydrogen (secondary N) is 1. The van der Waals surface area contributed by atoms with Gasteiger partial charge in [-0.25, -0.2) is 24.4 Å². The number of thiazole rings is 1. The molecule has 0 aliphatic carbocycles. The number of nitrogen functional groups attached to an aromatic ring is 1. The summed E-state index contributed by atoms with van der Waals surface area (Å²) in [4.78, 5) is 80.3. The number of nitrogens with two attached hydrogens (primary N) is 1. The van der Waals surface area contributed by atoms with Crippen LogP contribution in [0.5, 0.6) is 11.5 Å². The number of β-lactam (4-membered cyclic amide) rings is 1. The molecule has 8 N–H and O–H groups in total. The van der Waals surface area contributed by atoms with Crippen LogP contribution in [-0.2, 0) is 25.8 Å². The summed E-state index contributed by atoms with van der Waals surface area (Å²) in [7, 11) is 0. The van der Waals surface area contributed by atoms with Gasteiger partial charge in [0, 0.05) is 28.1 Å². The summed E-state index contributed by atoms with van der Waals surface area (Å²) in [6, 6.07) is 2.70. The molecule has 23 heteroatoms. The number of thioether (sulfide) groups is 2. The molecule has 3 aromatic heterocycles. The highest BCUT2D eigenvalue weighted by atomic mass is 32.2. The number of aromatic carboxylic acids is 2. The molecule has 4 aromatic rings. The first kappa shape index (κ1) is 34.9.